The lowest BCUT2D eigenvalue weighted by molar-refractivity contribution is -0.137. The molecule has 2 aromatic rings. The van der Waals surface area contributed by atoms with Crippen molar-refractivity contribution in [2.24, 2.45) is 0 Å². The molecule has 0 atom stereocenters. The van der Waals surface area contributed by atoms with E-state index in [0.29, 0.717) is 28.3 Å². The lowest BCUT2D eigenvalue weighted by atomic mass is 10.1. The summed E-state index contributed by atoms with van der Waals surface area (Å²) in [4.78, 5) is 35.4. The SMILES string of the molecule is CCOC(=O)/C(C#N)=C\c1ccc(OCC(=O)Nc2ccc(C(=O)OC)cc2)c(OC)c1. The van der Waals surface area contributed by atoms with Crippen LogP contribution in [-0.2, 0) is 19.1 Å². The predicted molar refractivity (Wildman–Crippen MR) is 115 cm³/mol. The molecule has 0 aliphatic carbocycles. The number of anilines is 1. The third-order valence-electron chi connectivity index (χ3n) is 4.06. The molecule has 32 heavy (non-hydrogen) atoms. The minimum atomic E-state index is -0.717. The third kappa shape index (κ3) is 6.60. The number of amides is 1. The van der Waals surface area contributed by atoms with Crippen molar-refractivity contribution in [2.75, 3.05) is 32.8 Å². The Labute approximate surface area is 185 Å². The number of carbonyl (C=O) groups excluding carboxylic acids is 3. The van der Waals surface area contributed by atoms with E-state index in [1.807, 2.05) is 0 Å². The van der Waals surface area contributed by atoms with Crippen LogP contribution in [-0.4, -0.2) is 45.3 Å². The minimum absolute atomic E-state index is 0.153. The summed E-state index contributed by atoms with van der Waals surface area (Å²) < 4.78 is 20.3. The van der Waals surface area contributed by atoms with E-state index in [-0.39, 0.29) is 18.8 Å². The zero-order valence-corrected chi connectivity index (χ0v) is 17.8. The van der Waals surface area contributed by atoms with Crippen molar-refractivity contribution in [3.63, 3.8) is 0 Å². The maximum Gasteiger partial charge on any atom is 0.348 e. The molecule has 0 heterocycles. The molecule has 0 unspecified atom stereocenters. The van der Waals surface area contributed by atoms with Gasteiger partial charge in [0.1, 0.15) is 11.6 Å². The Morgan fingerprint density at radius 3 is 2.38 bits per heavy atom. The summed E-state index contributed by atoms with van der Waals surface area (Å²) in [6.07, 6.45) is 1.37. The molecule has 1 N–H and O–H groups in total. The van der Waals surface area contributed by atoms with Crippen LogP contribution in [0, 0.1) is 11.3 Å². The van der Waals surface area contributed by atoms with E-state index in [0.717, 1.165) is 0 Å². The fraction of sp³-hybridized carbons (Fsp3) is 0.217. The Morgan fingerprint density at radius 1 is 1.06 bits per heavy atom. The van der Waals surface area contributed by atoms with Gasteiger partial charge in [-0.05, 0) is 55.0 Å². The second-order valence-corrected chi connectivity index (χ2v) is 6.21. The molecule has 0 bridgehead atoms. The van der Waals surface area contributed by atoms with Gasteiger partial charge < -0.3 is 24.3 Å². The van der Waals surface area contributed by atoms with Crippen molar-refractivity contribution < 1.29 is 33.3 Å². The Bertz CT molecular complexity index is 1050. The normalized spacial score (nSPS) is 10.5. The first-order chi connectivity index (χ1) is 15.4. The number of methoxy groups -OCH3 is 2. The first kappa shape index (κ1) is 24.0. The van der Waals surface area contributed by atoms with Gasteiger partial charge in [-0.25, -0.2) is 9.59 Å². The molecule has 2 rings (SSSR count). The molecule has 0 saturated heterocycles. The highest BCUT2D eigenvalue weighted by molar-refractivity contribution is 5.98. The first-order valence-electron chi connectivity index (χ1n) is 9.49. The molecule has 9 heteroatoms. The Balaban J connectivity index is 2.03. The molecular formula is C23H22N2O7. The maximum atomic E-state index is 12.2. The van der Waals surface area contributed by atoms with Gasteiger partial charge in [-0.15, -0.1) is 0 Å². The summed E-state index contributed by atoms with van der Waals surface area (Å²) in [7, 11) is 2.71. The smallest absolute Gasteiger partial charge is 0.348 e. The molecule has 0 aliphatic heterocycles. The van der Waals surface area contributed by atoms with Crippen LogP contribution in [0.3, 0.4) is 0 Å². The lowest BCUT2D eigenvalue weighted by Crippen LogP contribution is -2.20. The zero-order chi connectivity index (χ0) is 23.5. The fourth-order valence-corrected chi connectivity index (χ4v) is 2.55. The second kappa shape index (κ2) is 11.8. The number of benzene rings is 2. The van der Waals surface area contributed by atoms with Crippen molar-refractivity contribution in [3.8, 4) is 17.6 Å². The van der Waals surface area contributed by atoms with Crippen molar-refractivity contribution in [2.45, 2.75) is 6.92 Å². The topological polar surface area (TPSA) is 124 Å². The van der Waals surface area contributed by atoms with Gasteiger partial charge >= 0.3 is 11.9 Å². The number of esters is 2. The summed E-state index contributed by atoms with van der Waals surface area (Å²) in [5, 5.41) is 11.8. The third-order valence-corrected chi connectivity index (χ3v) is 4.06. The quantitative estimate of drug-likeness (QED) is 0.360. The number of hydrogen-bond donors (Lipinski definition) is 1. The van der Waals surface area contributed by atoms with Gasteiger partial charge in [-0.1, -0.05) is 6.07 Å². The molecule has 166 valence electrons. The van der Waals surface area contributed by atoms with Crippen LogP contribution >= 0.6 is 0 Å². The number of rotatable bonds is 9. The van der Waals surface area contributed by atoms with Gasteiger partial charge in [0.05, 0.1) is 26.4 Å². The van der Waals surface area contributed by atoms with Crippen LogP contribution < -0.4 is 14.8 Å². The van der Waals surface area contributed by atoms with E-state index in [4.69, 9.17) is 19.5 Å². The molecule has 1 amide bonds. The summed E-state index contributed by atoms with van der Waals surface area (Å²) >= 11 is 0. The van der Waals surface area contributed by atoms with E-state index in [2.05, 4.69) is 10.1 Å². The van der Waals surface area contributed by atoms with E-state index in [1.165, 1.54) is 32.4 Å². The van der Waals surface area contributed by atoms with Crippen molar-refractivity contribution in [3.05, 3.63) is 59.2 Å². The zero-order valence-electron chi connectivity index (χ0n) is 17.8. The number of hydrogen-bond acceptors (Lipinski definition) is 8. The average Bonchev–Trinajstić information content (AvgIpc) is 2.81. The largest absolute Gasteiger partial charge is 0.493 e. The van der Waals surface area contributed by atoms with E-state index in [9.17, 15) is 14.4 Å². The first-order valence-corrected chi connectivity index (χ1v) is 9.49. The van der Waals surface area contributed by atoms with Crippen molar-refractivity contribution in [1.82, 2.24) is 0 Å². The van der Waals surface area contributed by atoms with Gasteiger partial charge in [-0.3, -0.25) is 4.79 Å². The van der Waals surface area contributed by atoms with Gasteiger partial charge in [0.2, 0.25) is 0 Å². The summed E-state index contributed by atoms with van der Waals surface area (Å²) in [5.74, 6) is -0.993. The fourth-order valence-electron chi connectivity index (χ4n) is 2.55. The van der Waals surface area contributed by atoms with Gasteiger partial charge in [0.15, 0.2) is 18.1 Å². The van der Waals surface area contributed by atoms with E-state index >= 15 is 0 Å². The number of nitrogens with zero attached hydrogens (tertiary/aromatic N) is 1. The van der Waals surface area contributed by atoms with E-state index < -0.39 is 17.8 Å². The number of ether oxygens (including phenoxy) is 4. The van der Waals surface area contributed by atoms with E-state index in [1.54, 1.807) is 43.3 Å². The molecular weight excluding hydrogens is 416 g/mol. The van der Waals surface area contributed by atoms with Crippen molar-refractivity contribution in [1.29, 1.82) is 5.26 Å². The highest BCUT2D eigenvalue weighted by atomic mass is 16.5. The van der Waals surface area contributed by atoms with Crippen LogP contribution in [0.4, 0.5) is 5.69 Å². The van der Waals surface area contributed by atoms with Gasteiger partial charge in [0, 0.05) is 5.69 Å². The molecule has 0 fully saturated rings. The highest BCUT2D eigenvalue weighted by Crippen LogP contribution is 2.29. The van der Waals surface area contributed by atoms with Crippen molar-refractivity contribution >= 4 is 29.6 Å². The standard InChI is InChI=1S/C23H22N2O7/c1-4-31-23(28)17(13-24)11-15-5-10-19(20(12-15)29-2)32-14-21(26)25-18-8-6-16(7-9-18)22(27)30-3/h5-12H,4,14H2,1-3H3,(H,25,26)/b17-11-. The number of nitriles is 1. The Morgan fingerprint density at radius 2 is 1.78 bits per heavy atom. The van der Waals surface area contributed by atoms with Crippen LogP contribution in [0.1, 0.15) is 22.8 Å². The average molecular weight is 438 g/mol. The number of carbonyl (C=O) groups is 3. The Hall–Kier alpha value is -4.32. The summed E-state index contributed by atoms with van der Waals surface area (Å²) in [5.41, 5.74) is 1.22. The van der Waals surface area contributed by atoms with Crippen LogP contribution in [0.5, 0.6) is 11.5 Å². The molecule has 2 aromatic carbocycles. The molecule has 0 spiro atoms. The minimum Gasteiger partial charge on any atom is -0.493 e. The lowest BCUT2D eigenvalue weighted by Gasteiger charge is -2.12. The molecule has 0 aliphatic rings. The van der Waals surface area contributed by atoms with Crippen LogP contribution in [0.25, 0.3) is 6.08 Å². The molecule has 9 nitrogen and oxygen atoms in total. The molecule has 0 aromatic heterocycles. The second-order valence-electron chi connectivity index (χ2n) is 6.21. The summed E-state index contributed by atoms with van der Waals surface area (Å²) in [6, 6.07) is 12.7. The van der Waals surface area contributed by atoms with Gasteiger partial charge in [0.25, 0.3) is 5.91 Å². The Kier molecular flexibility index (Phi) is 8.80. The highest BCUT2D eigenvalue weighted by Gasteiger charge is 2.13. The van der Waals surface area contributed by atoms with Gasteiger partial charge in [-0.2, -0.15) is 5.26 Å². The number of nitrogens with one attached hydrogen (secondary N) is 1. The monoisotopic (exact) mass is 438 g/mol. The predicted octanol–water partition coefficient (Wildman–Crippen LogP) is 2.97. The maximum absolute atomic E-state index is 12.2. The summed E-state index contributed by atoms with van der Waals surface area (Å²) in [6.45, 7) is 1.51. The molecule has 0 radical (unpaired) electrons. The molecule has 0 saturated carbocycles. The van der Waals surface area contributed by atoms with Crippen LogP contribution in [0.2, 0.25) is 0 Å². The van der Waals surface area contributed by atoms with Crippen LogP contribution in [0.15, 0.2) is 48.0 Å².